The fourth-order valence-corrected chi connectivity index (χ4v) is 3.45. The first-order valence-electron chi connectivity index (χ1n) is 9.72. The second-order valence-electron chi connectivity index (χ2n) is 7.24. The molecular formula is C20H22N8O. The molecule has 0 radical (unpaired) electrons. The molecule has 0 saturated heterocycles. The molecular weight excluding hydrogens is 368 g/mol. The third-order valence-corrected chi connectivity index (χ3v) is 5.10. The van der Waals surface area contributed by atoms with E-state index in [1.54, 1.807) is 6.20 Å². The van der Waals surface area contributed by atoms with Crippen LogP contribution in [0.4, 0.5) is 17.6 Å². The number of nitrogens with zero attached hydrogens (tertiary/aromatic N) is 5. The van der Waals surface area contributed by atoms with Gasteiger partial charge in [-0.2, -0.15) is 15.2 Å². The average molecular weight is 390 g/mol. The lowest BCUT2D eigenvalue weighted by molar-refractivity contribution is 0.301. The Morgan fingerprint density at radius 1 is 1.17 bits per heavy atom. The summed E-state index contributed by atoms with van der Waals surface area (Å²) in [6, 6.07) is 9.87. The number of aliphatic hydroxyl groups excluding tert-OH is 1. The van der Waals surface area contributed by atoms with Gasteiger partial charge in [-0.25, -0.2) is 4.98 Å². The van der Waals surface area contributed by atoms with Crippen LogP contribution in [0.2, 0.25) is 0 Å². The van der Waals surface area contributed by atoms with E-state index in [1.165, 1.54) is 12.8 Å². The second kappa shape index (κ2) is 7.51. The summed E-state index contributed by atoms with van der Waals surface area (Å²) in [4.78, 5) is 11.0. The van der Waals surface area contributed by atoms with E-state index in [1.807, 2.05) is 41.4 Å². The molecule has 0 aliphatic heterocycles. The van der Waals surface area contributed by atoms with Crippen molar-refractivity contribution in [1.29, 1.82) is 0 Å². The first kappa shape index (κ1) is 17.6. The highest BCUT2D eigenvalue weighted by Crippen LogP contribution is 2.39. The summed E-state index contributed by atoms with van der Waals surface area (Å²) in [6.45, 7) is 0.994. The molecule has 4 N–H and O–H groups in total. The monoisotopic (exact) mass is 390 g/mol. The average Bonchev–Trinajstić information content (AvgIpc) is 3.28. The molecule has 4 aromatic rings. The summed E-state index contributed by atoms with van der Waals surface area (Å²) < 4.78 is 0. The van der Waals surface area contributed by atoms with E-state index in [4.69, 9.17) is 0 Å². The maximum atomic E-state index is 9.57. The molecule has 0 unspecified atom stereocenters. The molecule has 0 bridgehead atoms. The minimum Gasteiger partial charge on any atom is -0.395 e. The number of rotatable bonds is 8. The van der Waals surface area contributed by atoms with Gasteiger partial charge in [0, 0.05) is 42.4 Å². The lowest BCUT2D eigenvalue weighted by Gasteiger charge is -2.22. The Kier molecular flexibility index (Phi) is 4.57. The molecule has 0 spiro atoms. The minimum atomic E-state index is 0.00644. The van der Waals surface area contributed by atoms with Crippen molar-refractivity contribution in [2.75, 3.05) is 23.4 Å². The third-order valence-electron chi connectivity index (χ3n) is 5.10. The van der Waals surface area contributed by atoms with Gasteiger partial charge in [0.25, 0.3) is 0 Å². The largest absolute Gasteiger partial charge is 0.395 e. The number of H-pyrrole nitrogens is 2. The lowest BCUT2D eigenvalue weighted by atomic mass is 10.1. The Morgan fingerprint density at radius 3 is 2.97 bits per heavy atom. The molecule has 3 heterocycles. The van der Waals surface area contributed by atoms with Gasteiger partial charge in [-0.1, -0.05) is 12.1 Å². The fourth-order valence-electron chi connectivity index (χ4n) is 3.45. The molecule has 0 amide bonds. The van der Waals surface area contributed by atoms with Gasteiger partial charge in [0.15, 0.2) is 5.82 Å². The highest BCUT2D eigenvalue weighted by Gasteiger charge is 2.25. The zero-order chi connectivity index (χ0) is 19.6. The van der Waals surface area contributed by atoms with Gasteiger partial charge in [-0.15, -0.1) is 0 Å². The van der Waals surface area contributed by atoms with Crippen LogP contribution in [0.1, 0.15) is 30.0 Å². The van der Waals surface area contributed by atoms with Crippen molar-refractivity contribution < 1.29 is 5.11 Å². The van der Waals surface area contributed by atoms with Crippen LogP contribution in [-0.4, -0.2) is 48.6 Å². The van der Waals surface area contributed by atoms with Crippen LogP contribution < -0.4 is 10.2 Å². The maximum Gasteiger partial charge on any atom is 0.227 e. The van der Waals surface area contributed by atoms with E-state index in [-0.39, 0.29) is 6.61 Å². The van der Waals surface area contributed by atoms with Crippen LogP contribution in [0.15, 0.2) is 42.7 Å². The van der Waals surface area contributed by atoms with Crippen molar-refractivity contribution in [1.82, 2.24) is 30.4 Å². The zero-order valence-electron chi connectivity index (χ0n) is 15.8. The molecule has 5 rings (SSSR count). The van der Waals surface area contributed by atoms with Crippen molar-refractivity contribution in [3.05, 3.63) is 54.0 Å². The van der Waals surface area contributed by atoms with Crippen molar-refractivity contribution in [3.63, 3.8) is 0 Å². The molecule has 3 aromatic heterocycles. The predicted octanol–water partition coefficient (Wildman–Crippen LogP) is 2.70. The van der Waals surface area contributed by atoms with E-state index in [0.29, 0.717) is 30.8 Å². The molecule has 1 fully saturated rings. The number of aromatic amines is 2. The molecule has 9 nitrogen and oxygen atoms in total. The Balaban J connectivity index is 1.38. The molecule has 148 valence electrons. The van der Waals surface area contributed by atoms with Gasteiger partial charge in [-0.3, -0.25) is 10.2 Å². The number of anilines is 3. The molecule has 1 aliphatic carbocycles. The van der Waals surface area contributed by atoms with Crippen molar-refractivity contribution >= 4 is 28.5 Å². The summed E-state index contributed by atoms with van der Waals surface area (Å²) >= 11 is 0. The summed E-state index contributed by atoms with van der Waals surface area (Å²) in [5, 5.41) is 28.4. The molecule has 9 heteroatoms. The van der Waals surface area contributed by atoms with Crippen LogP contribution in [0.3, 0.4) is 0 Å². The summed E-state index contributed by atoms with van der Waals surface area (Å²) in [5.41, 5.74) is 3.23. The van der Waals surface area contributed by atoms with Crippen LogP contribution in [0, 0.1) is 0 Å². The maximum absolute atomic E-state index is 9.57. The summed E-state index contributed by atoms with van der Waals surface area (Å²) in [5.74, 6) is 2.56. The van der Waals surface area contributed by atoms with E-state index < -0.39 is 0 Å². The van der Waals surface area contributed by atoms with Crippen LogP contribution in [-0.2, 0) is 6.54 Å². The first-order valence-corrected chi connectivity index (χ1v) is 9.72. The Labute approximate surface area is 167 Å². The summed E-state index contributed by atoms with van der Waals surface area (Å²) in [6.07, 6.45) is 5.97. The van der Waals surface area contributed by atoms with Gasteiger partial charge < -0.3 is 15.3 Å². The molecule has 0 atom stereocenters. The van der Waals surface area contributed by atoms with E-state index in [9.17, 15) is 5.11 Å². The van der Waals surface area contributed by atoms with Crippen LogP contribution in [0.25, 0.3) is 10.9 Å². The molecule has 1 aromatic carbocycles. The molecule has 1 saturated carbocycles. The standard InChI is InChI=1S/C20H22N8O/c29-9-8-28(12-14-2-1-3-16-15(14)11-22-25-16)20-21-7-6-18(24-20)23-19-10-17(26-27-19)13-4-5-13/h1-3,6-7,10-11,13,29H,4-5,8-9,12H2,(H,22,25)(H2,21,23,24,26,27). The van der Waals surface area contributed by atoms with Crippen LogP contribution >= 0.6 is 0 Å². The van der Waals surface area contributed by atoms with Gasteiger partial charge in [-0.05, 0) is 30.5 Å². The number of aromatic nitrogens is 6. The van der Waals surface area contributed by atoms with E-state index in [2.05, 4.69) is 35.7 Å². The quantitative estimate of drug-likeness (QED) is 0.365. The number of benzene rings is 1. The third kappa shape index (κ3) is 3.77. The highest BCUT2D eigenvalue weighted by molar-refractivity contribution is 5.81. The van der Waals surface area contributed by atoms with Crippen molar-refractivity contribution in [2.24, 2.45) is 0 Å². The van der Waals surface area contributed by atoms with Crippen molar-refractivity contribution in [3.8, 4) is 0 Å². The SMILES string of the molecule is OCCN(Cc1cccc2[nH]ncc12)c1nccc(Nc2cc(C3CC3)[nH]n2)n1. The molecule has 1 aliphatic rings. The van der Waals surface area contributed by atoms with Crippen LogP contribution in [0.5, 0.6) is 0 Å². The lowest BCUT2D eigenvalue weighted by Crippen LogP contribution is -2.28. The Hall–Kier alpha value is -3.46. The second-order valence-corrected chi connectivity index (χ2v) is 7.24. The smallest absolute Gasteiger partial charge is 0.227 e. The number of hydrogen-bond acceptors (Lipinski definition) is 7. The fraction of sp³-hybridized carbons (Fsp3) is 0.300. The van der Waals surface area contributed by atoms with Gasteiger partial charge >= 0.3 is 0 Å². The predicted molar refractivity (Wildman–Crippen MR) is 110 cm³/mol. The normalized spacial score (nSPS) is 13.7. The van der Waals surface area contributed by atoms with Gasteiger partial charge in [0.2, 0.25) is 5.95 Å². The summed E-state index contributed by atoms with van der Waals surface area (Å²) in [7, 11) is 0. The van der Waals surface area contributed by atoms with Crippen molar-refractivity contribution in [2.45, 2.75) is 25.3 Å². The number of nitrogens with one attached hydrogen (secondary N) is 3. The van der Waals surface area contributed by atoms with E-state index in [0.717, 1.165) is 28.0 Å². The zero-order valence-corrected chi connectivity index (χ0v) is 15.8. The number of fused-ring (bicyclic) bond motifs is 1. The molecule has 29 heavy (non-hydrogen) atoms. The Bertz CT molecular complexity index is 1120. The highest BCUT2D eigenvalue weighted by atomic mass is 16.3. The number of aliphatic hydroxyl groups is 1. The minimum absolute atomic E-state index is 0.00644. The topological polar surface area (TPSA) is 119 Å². The van der Waals surface area contributed by atoms with E-state index >= 15 is 0 Å². The number of hydrogen-bond donors (Lipinski definition) is 4. The first-order chi connectivity index (χ1) is 14.3. The van der Waals surface area contributed by atoms with Gasteiger partial charge in [0.1, 0.15) is 5.82 Å². The van der Waals surface area contributed by atoms with Gasteiger partial charge in [0.05, 0.1) is 18.3 Å². The Morgan fingerprint density at radius 2 is 2.10 bits per heavy atom.